The van der Waals surface area contributed by atoms with Gasteiger partial charge in [-0.2, -0.15) is 0 Å². The highest BCUT2D eigenvalue weighted by Crippen LogP contribution is 2.37. The van der Waals surface area contributed by atoms with Crippen LogP contribution in [0.15, 0.2) is 34.9 Å². The number of hydrogen-bond donors (Lipinski definition) is 1. The lowest BCUT2D eigenvalue weighted by Gasteiger charge is -2.41. The molecule has 2 aromatic rings. The number of nitrogens with zero attached hydrogens (tertiary/aromatic N) is 1. The van der Waals surface area contributed by atoms with Crippen molar-refractivity contribution < 1.29 is 4.42 Å². The van der Waals surface area contributed by atoms with Gasteiger partial charge in [-0.1, -0.05) is 6.08 Å². The Morgan fingerprint density at radius 2 is 2.41 bits per heavy atom. The van der Waals surface area contributed by atoms with E-state index >= 15 is 0 Å². The zero-order valence-corrected chi connectivity index (χ0v) is 9.52. The Morgan fingerprint density at radius 3 is 3.24 bits per heavy atom. The quantitative estimate of drug-likeness (QED) is 0.812. The van der Waals surface area contributed by atoms with Crippen LogP contribution in [0, 0.1) is 5.92 Å². The van der Waals surface area contributed by atoms with Gasteiger partial charge in [-0.15, -0.1) is 0 Å². The van der Waals surface area contributed by atoms with Crippen molar-refractivity contribution in [3.05, 3.63) is 36.2 Å². The van der Waals surface area contributed by atoms with Crippen molar-refractivity contribution in [1.29, 1.82) is 0 Å². The molecule has 0 unspecified atom stereocenters. The molecule has 86 valence electrons. The molecule has 0 spiro atoms. The summed E-state index contributed by atoms with van der Waals surface area (Å²) in [6.45, 7) is 1.15. The number of hydrogen-bond acceptors (Lipinski definition) is 3. The molecule has 0 saturated carbocycles. The zero-order valence-electron chi connectivity index (χ0n) is 9.52. The Hall–Kier alpha value is -1.61. The minimum absolute atomic E-state index is 0.504. The summed E-state index contributed by atoms with van der Waals surface area (Å²) in [5.41, 5.74) is 3.15. The Labute approximate surface area is 99.5 Å². The summed E-state index contributed by atoms with van der Waals surface area (Å²) in [5.74, 6) is 1.79. The minimum atomic E-state index is 0.504. The first-order valence-corrected chi connectivity index (χ1v) is 6.20. The molecule has 3 heterocycles. The predicted molar refractivity (Wildman–Crippen MR) is 66.5 cm³/mol. The lowest BCUT2D eigenvalue weighted by molar-refractivity contribution is 0.259. The topological polar surface area (TPSA) is 38.1 Å². The highest BCUT2D eigenvalue weighted by molar-refractivity contribution is 5.80. The Kier molecular flexibility index (Phi) is 1.91. The fourth-order valence-electron chi connectivity index (χ4n) is 2.88. The van der Waals surface area contributed by atoms with Gasteiger partial charge in [-0.3, -0.25) is 4.98 Å². The maximum Gasteiger partial charge on any atom is 0.153 e. The molecule has 1 aliphatic heterocycles. The van der Waals surface area contributed by atoms with Gasteiger partial charge in [0, 0.05) is 30.4 Å². The molecular weight excluding hydrogens is 212 g/mol. The van der Waals surface area contributed by atoms with Gasteiger partial charge in [-0.05, 0) is 30.9 Å². The Morgan fingerprint density at radius 1 is 1.41 bits per heavy atom. The smallest absolute Gasteiger partial charge is 0.153 e. The largest absolute Gasteiger partial charge is 0.455 e. The average Bonchev–Trinajstić information content (AvgIpc) is 2.74. The van der Waals surface area contributed by atoms with Crippen molar-refractivity contribution in [3.8, 4) is 0 Å². The van der Waals surface area contributed by atoms with Gasteiger partial charge < -0.3 is 9.73 Å². The monoisotopic (exact) mass is 226 g/mol. The highest BCUT2D eigenvalue weighted by Gasteiger charge is 2.36. The van der Waals surface area contributed by atoms with Crippen LogP contribution in [0.2, 0.25) is 0 Å². The Balaban J connectivity index is 1.80. The van der Waals surface area contributed by atoms with Gasteiger partial charge in [0.1, 0.15) is 11.3 Å². The molecule has 0 aromatic carbocycles. The number of fused-ring (bicyclic) bond motifs is 2. The summed E-state index contributed by atoms with van der Waals surface area (Å²) < 4.78 is 5.89. The minimum Gasteiger partial charge on any atom is -0.455 e. The number of nitrogens with one attached hydrogen (secondary N) is 1. The number of allylic oxidation sites excluding steroid dienone is 1. The van der Waals surface area contributed by atoms with E-state index < -0.39 is 0 Å². The summed E-state index contributed by atoms with van der Waals surface area (Å²) >= 11 is 0. The van der Waals surface area contributed by atoms with E-state index in [1.54, 1.807) is 6.20 Å². The van der Waals surface area contributed by atoms with E-state index in [4.69, 9.17) is 4.42 Å². The van der Waals surface area contributed by atoms with Gasteiger partial charge in [0.05, 0.1) is 0 Å². The molecular formula is C14H14N2O. The van der Waals surface area contributed by atoms with Gasteiger partial charge in [0.15, 0.2) is 5.58 Å². The molecule has 3 heteroatoms. The van der Waals surface area contributed by atoms with E-state index in [0.29, 0.717) is 6.04 Å². The van der Waals surface area contributed by atoms with E-state index in [0.717, 1.165) is 29.3 Å². The molecule has 1 aliphatic carbocycles. The molecule has 1 fully saturated rings. The van der Waals surface area contributed by atoms with Crippen LogP contribution in [-0.2, 0) is 0 Å². The van der Waals surface area contributed by atoms with E-state index in [9.17, 15) is 0 Å². The summed E-state index contributed by atoms with van der Waals surface area (Å²) in [6, 6.07) is 6.45. The maximum atomic E-state index is 5.89. The lowest BCUT2D eigenvalue weighted by atomic mass is 9.77. The number of furan rings is 1. The third kappa shape index (κ3) is 1.35. The summed E-state index contributed by atoms with van der Waals surface area (Å²) in [7, 11) is 0. The molecule has 0 amide bonds. The van der Waals surface area contributed by atoms with E-state index in [2.05, 4.69) is 22.4 Å². The first-order valence-electron chi connectivity index (χ1n) is 6.20. The van der Waals surface area contributed by atoms with Crippen molar-refractivity contribution in [1.82, 2.24) is 10.3 Å². The summed E-state index contributed by atoms with van der Waals surface area (Å²) in [5, 5.41) is 3.49. The molecule has 2 atom stereocenters. The van der Waals surface area contributed by atoms with Crippen LogP contribution in [-0.4, -0.2) is 17.6 Å². The zero-order chi connectivity index (χ0) is 11.2. The van der Waals surface area contributed by atoms with Crippen molar-refractivity contribution in [2.45, 2.75) is 18.9 Å². The number of pyridine rings is 1. The highest BCUT2D eigenvalue weighted by atomic mass is 16.3. The van der Waals surface area contributed by atoms with Crippen LogP contribution in [0.3, 0.4) is 0 Å². The van der Waals surface area contributed by atoms with Crippen LogP contribution in [0.1, 0.15) is 18.6 Å². The van der Waals surface area contributed by atoms with Crippen molar-refractivity contribution in [2.75, 3.05) is 6.54 Å². The van der Waals surface area contributed by atoms with E-state index in [-0.39, 0.29) is 0 Å². The van der Waals surface area contributed by atoms with E-state index in [1.807, 2.05) is 12.1 Å². The lowest BCUT2D eigenvalue weighted by Crippen LogP contribution is -2.54. The second-order valence-electron chi connectivity index (χ2n) is 4.88. The molecule has 17 heavy (non-hydrogen) atoms. The normalized spacial score (nSPS) is 27.4. The van der Waals surface area contributed by atoms with Crippen LogP contribution in [0.4, 0.5) is 0 Å². The first kappa shape index (κ1) is 9.42. The predicted octanol–water partition coefficient (Wildman–Crippen LogP) is 2.59. The fraction of sp³-hybridized carbons (Fsp3) is 0.357. The second kappa shape index (κ2) is 3.44. The molecule has 2 aromatic heterocycles. The number of aromatic nitrogens is 1. The average molecular weight is 226 g/mol. The Bertz CT molecular complexity index is 566. The van der Waals surface area contributed by atoms with Crippen LogP contribution in [0.25, 0.3) is 16.7 Å². The standard InChI is InChI=1S/C14H14N2O/c1-3-9-8-16-14(9)10(4-1)13-7-11-12(17-13)5-2-6-15-11/h2,4-7,9,14,16H,1,3,8H2/t9-,14+/m0/s1. The fourth-order valence-corrected chi connectivity index (χ4v) is 2.88. The van der Waals surface area contributed by atoms with Crippen molar-refractivity contribution >= 4 is 16.7 Å². The second-order valence-corrected chi connectivity index (χ2v) is 4.88. The van der Waals surface area contributed by atoms with Gasteiger partial charge in [0.25, 0.3) is 0 Å². The number of rotatable bonds is 1. The summed E-state index contributed by atoms with van der Waals surface area (Å²) in [4.78, 5) is 4.32. The SMILES string of the molecule is C1=C(c2cc3ncccc3o2)[C@@H]2NC[C@@H]2CC1. The molecule has 1 N–H and O–H groups in total. The van der Waals surface area contributed by atoms with Crippen LogP contribution < -0.4 is 5.32 Å². The summed E-state index contributed by atoms with van der Waals surface area (Å²) in [6.07, 6.45) is 6.59. The van der Waals surface area contributed by atoms with Crippen LogP contribution >= 0.6 is 0 Å². The third-order valence-corrected chi connectivity index (χ3v) is 3.88. The molecule has 1 saturated heterocycles. The van der Waals surface area contributed by atoms with Crippen molar-refractivity contribution in [3.63, 3.8) is 0 Å². The van der Waals surface area contributed by atoms with Gasteiger partial charge in [-0.25, -0.2) is 0 Å². The molecule has 0 radical (unpaired) electrons. The first-order chi connectivity index (χ1) is 8.42. The molecule has 0 bridgehead atoms. The van der Waals surface area contributed by atoms with Crippen LogP contribution in [0.5, 0.6) is 0 Å². The van der Waals surface area contributed by atoms with Gasteiger partial charge >= 0.3 is 0 Å². The van der Waals surface area contributed by atoms with Crippen molar-refractivity contribution in [2.24, 2.45) is 5.92 Å². The third-order valence-electron chi connectivity index (χ3n) is 3.88. The molecule has 3 nitrogen and oxygen atoms in total. The molecule has 4 rings (SSSR count). The molecule has 2 aliphatic rings. The van der Waals surface area contributed by atoms with Gasteiger partial charge in [0.2, 0.25) is 0 Å². The van der Waals surface area contributed by atoms with E-state index in [1.165, 1.54) is 18.4 Å². The maximum absolute atomic E-state index is 5.89.